The molecule has 0 radical (unpaired) electrons. The van der Waals surface area contributed by atoms with Crippen LogP contribution < -0.4 is 15.8 Å². The lowest BCUT2D eigenvalue weighted by molar-refractivity contribution is -0.156. The van der Waals surface area contributed by atoms with E-state index in [4.69, 9.17) is 10.5 Å². The molecule has 1 heterocycles. The Hall–Kier alpha value is -2.08. The van der Waals surface area contributed by atoms with Crippen molar-refractivity contribution in [3.63, 3.8) is 0 Å². The number of benzene rings is 1. The smallest absolute Gasteiger partial charge is 0.313 e. The number of ether oxygens (including phenoxy) is 1. The van der Waals surface area contributed by atoms with E-state index >= 15 is 0 Å². The molecule has 0 aromatic heterocycles. The molecule has 1 aliphatic heterocycles. The third-order valence-electron chi connectivity index (χ3n) is 4.55. The van der Waals surface area contributed by atoms with Gasteiger partial charge >= 0.3 is 11.8 Å². The fraction of sp³-hybridized carbons (Fsp3) is 0.579. The number of carbonyl (C=O) groups excluding carboxylic acids is 2. The monoisotopic (exact) mass is 347 g/mol. The molecule has 1 saturated heterocycles. The molecule has 0 spiro atoms. The van der Waals surface area contributed by atoms with Gasteiger partial charge in [0.05, 0.1) is 6.61 Å². The molecule has 1 aromatic rings. The van der Waals surface area contributed by atoms with Crippen LogP contribution in [0.15, 0.2) is 24.3 Å². The van der Waals surface area contributed by atoms with Crippen LogP contribution in [-0.2, 0) is 9.59 Å². The van der Waals surface area contributed by atoms with Gasteiger partial charge in [0.15, 0.2) is 0 Å². The van der Waals surface area contributed by atoms with Crippen LogP contribution >= 0.6 is 0 Å². The lowest BCUT2D eigenvalue weighted by Gasteiger charge is -2.54. The molecule has 0 aliphatic carbocycles. The summed E-state index contributed by atoms with van der Waals surface area (Å²) in [6, 6.07) is 6.98. The summed E-state index contributed by atoms with van der Waals surface area (Å²) in [7, 11) is 0. The van der Waals surface area contributed by atoms with E-state index in [1.165, 1.54) is 0 Å². The highest BCUT2D eigenvalue weighted by molar-refractivity contribution is 6.39. The lowest BCUT2D eigenvalue weighted by Crippen LogP contribution is -2.66. The molecule has 1 aromatic carbocycles. The van der Waals surface area contributed by atoms with Crippen LogP contribution in [-0.4, -0.2) is 40.4 Å². The van der Waals surface area contributed by atoms with Crippen LogP contribution in [0, 0.1) is 0 Å². The average molecular weight is 347 g/mol. The second-order valence-electron chi connectivity index (χ2n) is 7.85. The van der Waals surface area contributed by atoms with Gasteiger partial charge in [-0.25, -0.2) is 0 Å². The van der Waals surface area contributed by atoms with E-state index in [1.807, 2.05) is 34.6 Å². The minimum Gasteiger partial charge on any atom is -0.494 e. The standard InChI is InChI=1S/C19H29N3O3/c1-6-25-15-9-7-14(8-10-15)21-16(23)17(24)22-18(2,3)11-13(20)12-19(22,4)5/h7-10,13H,6,11-12,20H2,1-5H3,(H,21,23). The van der Waals surface area contributed by atoms with Gasteiger partial charge in [-0.1, -0.05) is 0 Å². The molecule has 3 N–H and O–H groups in total. The number of nitrogens with zero attached hydrogens (tertiary/aromatic N) is 1. The van der Waals surface area contributed by atoms with E-state index in [9.17, 15) is 9.59 Å². The van der Waals surface area contributed by atoms with Crippen molar-refractivity contribution in [2.45, 2.75) is 64.6 Å². The van der Waals surface area contributed by atoms with Crippen LogP contribution in [0.2, 0.25) is 0 Å². The summed E-state index contributed by atoms with van der Waals surface area (Å²) in [6.45, 7) is 10.3. The van der Waals surface area contributed by atoms with Gasteiger partial charge in [0.1, 0.15) is 5.75 Å². The third-order valence-corrected chi connectivity index (χ3v) is 4.55. The molecule has 1 fully saturated rings. The fourth-order valence-electron chi connectivity index (χ4n) is 3.99. The number of rotatable bonds is 3. The normalized spacial score (nSPS) is 19.4. The molecular formula is C19H29N3O3. The van der Waals surface area contributed by atoms with Crippen LogP contribution in [0.3, 0.4) is 0 Å². The predicted octanol–water partition coefficient (Wildman–Crippen LogP) is 2.53. The number of carbonyl (C=O) groups is 2. The third kappa shape index (κ3) is 4.31. The number of amides is 2. The van der Waals surface area contributed by atoms with Gasteiger partial charge in [-0.2, -0.15) is 0 Å². The molecule has 0 atom stereocenters. The quantitative estimate of drug-likeness (QED) is 0.823. The molecule has 0 bridgehead atoms. The molecule has 2 amide bonds. The topological polar surface area (TPSA) is 84.7 Å². The van der Waals surface area contributed by atoms with Crippen molar-refractivity contribution in [3.05, 3.63) is 24.3 Å². The van der Waals surface area contributed by atoms with E-state index < -0.39 is 22.9 Å². The van der Waals surface area contributed by atoms with Crippen LogP contribution in [0.5, 0.6) is 5.75 Å². The number of hydrogen-bond acceptors (Lipinski definition) is 4. The van der Waals surface area contributed by atoms with Crippen molar-refractivity contribution in [3.8, 4) is 5.75 Å². The van der Waals surface area contributed by atoms with Crippen molar-refractivity contribution in [1.29, 1.82) is 0 Å². The number of hydrogen-bond donors (Lipinski definition) is 2. The second-order valence-corrected chi connectivity index (χ2v) is 7.85. The Morgan fingerprint density at radius 2 is 1.68 bits per heavy atom. The zero-order valence-electron chi connectivity index (χ0n) is 15.8. The maximum absolute atomic E-state index is 12.9. The number of likely N-dealkylation sites (tertiary alicyclic amines) is 1. The molecule has 2 rings (SSSR count). The Balaban J connectivity index is 2.14. The van der Waals surface area contributed by atoms with Gasteiger partial charge in [-0.05, 0) is 71.7 Å². The van der Waals surface area contributed by atoms with Crippen molar-refractivity contribution >= 4 is 17.5 Å². The van der Waals surface area contributed by atoms with Crippen LogP contribution in [0.25, 0.3) is 0 Å². The largest absolute Gasteiger partial charge is 0.494 e. The van der Waals surface area contributed by atoms with Crippen molar-refractivity contribution in [2.24, 2.45) is 5.73 Å². The molecule has 0 saturated carbocycles. The number of anilines is 1. The van der Waals surface area contributed by atoms with Crippen molar-refractivity contribution in [1.82, 2.24) is 4.90 Å². The van der Waals surface area contributed by atoms with Gasteiger partial charge in [-0.15, -0.1) is 0 Å². The predicted molar refractivity (Wildman–Crippen MR) is 98.5 cm³/mol. The Morgan fingerprint density at radius 3 is 2.16 bits per heavy atom. The SMILES string of the molecule is CCOc1ccc(NC(=O)C(=O)N2C(C)(C)CC(N)CC2(C)C)cc1. The summed E-state index contributed by atoms with van der Waals surface area (Å²) < 4.78 is 5.37. The Morgan fingerprint density at radius 1 is 1.16 bits per heavy atom. The zero-order chi connectivity index (χ0) is 18.8. The zero-order valence-corrected chi connectivity index (χ0v) is 15.8. The minimum atomic E-state index is -0.638. The first-order chi connectivity index (χ1) is 11.6. The maximum Gasteiger partial charge on any atom is 0.313 e. The Labute approximate surface area is 149 Å². The number of nitrogens with one attached hydrogen (secondary N) is 1. The molecule has 1 aliphatic rings. The summed E-state index contributed by atoms with van der Waals surface area (Å²) in [5.74, 6) is -0.448. The Kier molecular flexibility index (Phi) is 5.42. The summed E-state index contributed by atoms with van der Waals surface area (Å²) in [6.07, 6.45) is 1.33. The van der Waals surface area contributed by atoms with E-state index in [0.717, 1.165) is 5.75 Å². The molecular weight excluding hydrogens is 318 g/mol. The number of piperidine rings is 1. The fourth-order valence-corrected chi connectivity index (χ4v) is 3.99. The first-order valence-corrected chi connectivity index (χ1v) is 8.71. The van der Waals surface area contributed by atoms with Gasteiger partial charge in [0, 0.05) is 22.8 Å². The Bertz CT molecular complexity index is 620. The molecule has 6 nitrogen and oxygen atoms in total. The lowest BCUT2D eigenvalue weighted by atomic mass is 9.77. The van der Waals surface area contributed by atoms with Gasteiger partial charge < -0.3 is 20.7 Å². The van der Waals surface area contributed by atoms with E-state index in [2.05, 4.69) is 5.32 Å². The summed E-state index contributed by atoms with van der Waals surface area (Å²) >= 11 is 0. The second kappa shape index (κ2) is 7.04. The molecule has 6 heteroatoms. The first-order valence-electron chi connectivity index (χ1n) is 8.71. The van der Waals surface area contributed by atoms with E-state index in [0.29, 0.717) is 25.1 Å². The van der Waals surface area contributed by atoms with Crippen molar-refractivity contribution < 1.29 is 14.3 Å². The highest BCUT2D eigenvalue weighted by Gasteiger charge is 2.48. The highest BCUT2D eigenvalue weighted by atomic mass is 16.5. The first kappa shape index (κ1) is 19.2. The summed E-state index contributed by atoms with van der Waals surface area (Å²) in [5.41, 5.74) is 5.74. The minimum absolute atomic E-state index is 0.0169. The molecule has 0 unspecified atom stereocenters. The molecule has 25 heavy (non-hydrogen) atoms. The van der Waals surface area contributed by atoms with E-state index in [-0.39, 0.29) is 6.04 Å². The van der Waals surface area contributed by atoms with Crippen LogP contribution in [0.4, 0.5) is 5.69 Å². The molecule has 138 valence electrons. The van der Waals surface area contributed by atoms with Gasteiger partial charge in [-0.3, -0.25) is 9.59 Å². The maximum atomic E-state index is 12.9. The highest BCUT2D eigenvalue weighted by Crippen LogP contribution is 2.37. The summed E-state index contributed by atoms with van der Waals surface area (Å²) in [4.78, 5) is 27.0. The van der Waals surface area contributed by atoms with Crippen molar-refractivity contribution in [2.75, 3.05) is 11.9 Å². The van der Waals surface area contributed by atoms with Gasteiger partial charge in [0.2, 0.25) is 0 Å². The average Bonchev–Trinajstić information content (AvgIpc) is 2.46. The van der Waals surface area contributed by atoms with E-state index in [1.54, 1.807) is 29.2 Å². The summed E-state index contributed by atoms with van der Waals surface area (Å²) in [5, 5.41) is 2.68. The van der Waals surface area contributed by atoms with Gasteiger partial charge in [0.25, 0.3) is 0 Å². The van der Waals surface area contributed by atoms with Crippen LogP contribution in [0.1, 0.15) is 47.5 Å². The number of nitrogens with two attached hydrogens (primary N) is 1.